The van der Waals surface area contributed by atoms with Crippen LogP contribution >= 0.6 is 11.3 Å². The SMILES string of the molecule is O=C1N[S@@](=O)Nc2sc3c(c21)CCCCC3. The van der Waals surface area contributed by atoms with E-state index in [1.807, 2.05) is 0 Å². The van der Waals surface area contributed by atoms with Gasteiger partial charge in [0.15, 0.2) is 0 Å². The van der Waals surface area contributed by atoms with Crippen LogP contribution in [0.1, 0.15) is 40.1 Å². The van der Waals surface area contributed by atoms with Gasteiger partial charge in [0.25, 0.3) is 5.91 Å². The molecule has 0 aromatic carbocycles. The van der Waals surface area contributed by atoms with Crippen molar-refractivity contribution in [2.45, 2.75) is 32.1 Å². The largest absolute Gasteiger partial charge is 0.278 e. The number of carbonyl (C=O) groups excluding carboxylic acids is 1. The van der Waals surface area contributed by atoms with Gasteiger partial charge < -0.3 is 0 Å². The fraction of sp³-hybridized carbons (Fsp3) is 0.500. The molecule has 2 aliphatic rings. The van der Waals surface area contributed by atoms with E-state index in [1.165, 1.54) is 23.3 Å². The Kier molecular flexibility index (Phi) is 2.48. The monoisotopic (exact) mass is 256 g/mol. The Hall–Kier alpha value is -0.880. The molecule has 16 heavy (non-hydrogen) atoms. The first kappa shape index (κ1) is 10.3. The molecule has 1 aliphatic carbocycles. The zero-order valence-electron chi connectivity index (χ0n) is 8.67. The minimum Gasteiger partial charge on any atom is -0.278 e. The summed E-state index contributed by atoms with van der Waals surface area (Å²) >= 11 is 0.140. The highest BCUT2D eigenvalue weighted by Gasteiger charge is 2.29. The Morgan fingerprint density at radius 2 is 1.94 bits per heavy atom. The van der Waals surface area contributed by atoms with Gasteiger partial charge in [-0.15, -0.1) is 11.3 Å². The number of rotatable bonds is 0. The van der Waals surface area contributed by atoms with Gasteiger partial charge in [-0.1, -0.05) is 6.42 Å². The second kappa shape index (κ2) is 3.85. The number of carbonyl (C=O) groups is 1. The van der Waals surface area contributed by atoms with Gasteiger partial charge in [-0.2, -0.15) is 0 Å². The molecule has 2 heterocycles. The van der Waals surface area contributed by atoms with Crippen LogP contribution in [-0.4, -0.2) is 10.1 Å². The summed E-state index contributed by atoms with van der Waals surface area (Å²) in [7, 11) is 0. The Morgan fingerprint density at radius 3 is 2.81 bits per heavy atom. The van der Waals surface area contributed by atoms with E-state index in [1.54, 1.807) is 11.3 Å². The number of hydrogen-bond acceptors (Lipinski definition) is 3. The number of aryl methyl sites for hydroxylation is 1. The van der Waals surface area contributed by atoms with E-state index in [2.05, 4.69) is 9.44 Å². The molecule has 0 unspecified atom stereocenters. The molecule has 1 aliphatic heterocycles. The van der Waals surface area contributed by atoms with Gasteiger partial charge in [-0.25, -0.2) is 4.21 Å². The number of amides is 1. The highest BCUT2D eigenvalue weighted by atomic mass is 32.2. The topological polar surface area (TPSA) is 58.2 Å². The molecule has 0 radical (unpaired) electrons. The van der Waals surface area contributed by atoms with Crippen LogP contribution < -0.4 is 9.44 Å². The van der Waals surface area contributed by atoms with Crippen LogP contribution in [0.25, 0.3) is 0 Å². The van der Waals surface area contributed by atoms with E-state index in [9.17, 15) is 9.00 Å². The van der Waals surface area contributed by atoms with Crippen LogP contribution in [0.5, 0.6) is 0 Å². The first-order valence-corrected chi connectivity index (χ1v) is 7.36. The predicted octanol–water partition coefficient (Wildman–Crippen LogP) is 1.75. The van der Waals surface area contributed by atoms with E-state index >= 15 is 0 Å². The highest BCUT2D eigenvalue weighted by Crippen LogP contribution is 2.38. The third-order valence-electron chi connectivity index (χ3n) is 3.02. The van der Waals surface area contributed by atoms with Crippen molar-refractivity contribution in [2.75, 3.05) is 4.72 Å². The maximum atomic E-state index is 11.8. The van der Waals surface area contributed by atoms with Crippen LogP contribution in [0.3, 0.4) is 0 Å². The lowest BCUT2D eigenvalue weighted by Gasteiger charge is -2.14. The molecule has 0 saturated carbocycles. The predicted molar refractivity (Wildman–Crippen MR) is 64.8 cm³/mol. The van der Waals surface area contributed by atoms with Gasteiger partial charge in [0.05, 0.1) is 5.56 Å². The Balaban J connectivity index is 2.12. The maximum absolute atomic E-state index is 11.8. The van der Waals surface area contributed by atoms with E-state index in [0.717, 1.165) is 29.8 Å². The molecule has 2 N–H and O–H groups in total. The van der Waals surface area contributed by atoms with Crippen LogP contribution in [0.2, 0.25) is 0 Å². The van der Waals surface area contributed by atoms with Crippen LogP contribution in [0, 0.1) is 0 Å². The van der Waals surface area contributed by atoms with Crippen LogP contribution in [0.4, 0.5) is 5.00 Å². The number of hydrogen-bond donors (Lipinski definition) is 2. The summed E-state index contributed by atoms with van der Waals surface area (Å²) in [6.07, 6.45) is 5.60. The Bertz CT molecular complexity index is 481. The molecule has 6 heteroatoms. The van der Waals surface area contributed by atoms with Gasteiger partial charge in [-0.3, -0.25) is 14.2 Å². The zero-order valence-corrected chi connectivity index (χ0v) is 10.3. The number of nitrogens with one attached hydrogen (secondary N) is 2. The third-order valence-corrected chi connectivity index (χ3v) is 5.12. The molecule has 1 aromatic heterocycles. The minimum absolute atomic E-state index is 0.188. The average Bonchev–Trinajstić information content (AvgIpc) is 2.42. The lowest BCUT2D eigenvalue weighted by molar-refractivity contribution is 0.0982. The molecule has 0 bridgehead atoms. The van der Waals surface area contributed by atoms with Crippen LogP contribution in [-0.2, 0) is 24.0 Å². The van der Waals surface area contributed by atoms with Crippen molar-refractivity contribution in [1.29, 1.82) is 0 Å². The lowest BCUT2D eigenvalue weighted by Crippen LogP contribution is -2.35. The molecule has 1 amide bonds. The second-order valence-corrected chi connectivity index (χ2v) is 6.12. The molecule has 4 nitrogen and oxygen atoms in total. The van der Waals surface area contributed by atoms with Crippen molar-refractivity contribution >= 4 is 33.4 Å². The molecule has 3 rings (SSSR count). The molecule has 1 aromatic rings. The van der Waals surface area contributed by atoms with Gasteiger partial charge in [0, 0.05) is 4.88 Å². The molecule has 86 valence electrons. The van der Waals surface area contributed by atoms with E-state index in [-0.39, 0.29) is 5.91 Å². The summed E-state index contributed by atoms with van der Waals surface area (Å²) in [5.41, 5.74) is 1.92. The summed E-state index contributed by atoms with van der Waals surface area (Å²) < 4.78 is 16.5. The second-order valence-electron chi connectivity index (χ2n) is 4.07. The number of thiophene rings is 1. The molecule has 0 spiro atoms. The van der Waals surface area contributed by atoms with Crippen molar-refractivity contribution in [3.05, 3.63) is 16.0 Å². The number of fused-ring (bicyclic) bond motifs is 3. The molecular weight excluding hydrogens is 244 g/mol. The summed E-state index contributed by atoms with van der Waals surface area (Å²) in [5, 5.41) is 0.786. The normalized spacial score (nSPS) is 23.8. The quantitative estimate of drug-likeness (QED) is 0.695. The van der Waals surface area contributed by atoms with E-state index in [0.29, 0.717) is 0 Å². The van der Waals surface area contributed by atoms with Gasteiger partial charge >= 0.3 is 0 Å². The first-order chi connectivity index (χ1) is 7.75. The molecule has 0 fully saturated rings. The Labute approximate surface area is 100 Å². The minimum atomic E-state index is -1.45. The number of anilines is 1. The highest BCUT2D eigenvalue weighted by molar-refractivity contribution is 7.85. The summed E-state index contributed by atoms with van der Waals surface area (Å²) in [6, 6.07) is 0. The molecule has 0 saturated heterocycles. The molecular formula is C10H12N2O2S2. The molecule has 1 atom stereocenters. The lowest BCUT2D eigenvalue weighted by atomic mass is 10.1. The van der Waals surface area contributed by atoms with Crippen molar-refractivity contribution < 1.29 is 9.00 Å². The standard InChI is InChI=1S/C10H12N2O2S2/c13-9-8-6-4-2-1-3-5-7(6)15-10(8)12-16(14)11-9/h12H,1-5H2,(H,11,13)/t16-/m1/s1. The summed E-state index contributed by atoms with van der Waals surface area (Å²) in [6.45, 7) is 0. The summed E-state index contributed by atoms with van der Waals surface area (Å²) in [5.74, 6) is -0.188. The van der Waals surface area contributed by atoms with E-state index < -0.39 is 11.2 Å². The summed E-state index contributed by atoms with van der Waals surface area (Å²) in [4.78, 5) is 13.1. The van der Waals surface area contributed by atoms with Gasteiger partial charge in [0.1, 0.15) is 5.00 Å². The Morgan fingerprint density at radius 1 is 1.12 bits per heavy atom. The van der Waals surface area contributed by atoms with Gasteiger partial charge in [0.2, 0.25) is 11.2 Å². The zero-order chi connectivity index (χ0) is 11.1. The van der Waals surface area contributed by atoms with Crippen molar-refractivity contribution in [3.8, 4) is 0 Å². The van der Waals surface area contributed by atoms with Crippen molar-refractivity contribution in [2.24, 2.45) is 0 Å². The van der Waals surface area contributed by atoms with Crippen LogP contribution in [0.15, 0.2) is 0 Å². The van der Waals surface area contributed by atoms with E-state index in [4.69, 9.17) is 0 Å². The van der Waals surface area contributed by atoms with Crippen molar-refractivity contribution in [3.63, 3.8) is 0 Å². The fourth-order valence-corrected chi connectivity index (χ4v) is 4.42. The van der Waals surface area contributed by atoms with Gasteiger partial charge in [-0.05, 0) is 31.2 Å². The average molecular weight is 256 g/mol. The fourth-order valence-electron chi connectivity index (χ4n) is 2.30. The van der Waals surface area contributed by atoms with Crippen molar-refractivity contribution in [1.82, 2.24) is 4.72 Å². The third kappa shape index (κ3) is 1.56. The smallest absolute Gasteiger partial charge is 0.267 e. The first-order valence-electron chi connectivity index (χ1n) is 5.39. The maximum Gasteiger partial charge on any atom is 0.267 e.